The summed E-state index contributed by atoms with van der Waals surface area (Å²) in [6.45, 7) is 3.53. The van der Waals surface area contributed by atoms with Gasteiger partial charge in [0.05, 0.1) is 19.1 Å². The molecular weight excluding hydrogens is 302 g/mol. The van der Waals surface area contributed by atoms with Crippen LogP contribution in [0.15, 0.2) is 54.6 Å². The van der Waals surface area contributed by atoms with Crippen molar-refractivity contribution < 1.29 is 14.6 Å². The van der Waals surface area contributed by atoms with Crippen LogP contribution < -0.4 is 0 Å². The maximum atomic E-state index is 11.5. The molecule has 0 fully saturated rings. The third-order valence-corrected chi connectivity index (χ3v) is 3.80. The number of rotatable bonds is 8. The summed E-state index contributed by atoms with van der Waals surface area (Å²) in [7, 11) is 1.99. The van der Waals surface area contributed by atoms with Gasteiger partial charge < -0.3 is 9.84 Å². The van der Waals surface area contributed by atoms with Crippen LogP contribution in [0.25, 0.3) is 0 Å². The summed E-state index contributed by atoms with van der Waals surface area (Å²) in [5.74, 6) is -0.228. The van der Waals surface area contributed by atoms with Crippen LogP contribution in [0.2, 0.25) is 0 Å². The number of nitrogens with zero attached hydrogens (tertiary/aromatic N) is 1. The highest BCUT2D eigenvalue weighted by molar-refractivity contribution is 5.72. The lowest BCUT2D eigenvalue weighted by molar-refractivity contribution is -0.142. The van der Waals surface area contributed by atoms with Crippen molar-refractivity contribution in [1.82, 2.24) is 4.90 Å². The Hall–Kier alpha value is -2.17. The second kappa shape index (κ2) is 9.21. The Kier molecular flexibility index (Phi) is 6.97. The molecule has 0 saturated carbocycles. The largest absolute Gasteiger partial charge is 0.466 e. The highest BCUT2D eigenvalue weighted by atomic mass is 16.5. The van der Waals surface area contributed by atoms with E-state index in [1.165, 1.54) is 5.56 Å². The van der Waals surface area contributed by atoms with Gasteiger partial charge in [0.1, 0.15) is 0 Å². The molecule has 128 valence electrons. The van der Waals surface area contributed by atoms with E-state index >= 15 is 0 Å². The van der Waals surface area contributed by atoms with Crippen molar-refractivity contribution in [2.45, 2.75) is 26.0 Å². The van der Waals surface area contributed by atoms with Crippen molar-refractivity contribution in [2.75, 3.05) is 20.2 Å². The van der Waals surface area contributed by atoms with Crippen molar-refractivity contribution in [3.8, 4) is 0 Å². The SMILES string of the molecule is CCOC(=O)Cc1ccc(C(O)CN(C)Cc2ccccc2)cc1. The third-order valence-electron chi connectivity index (χ3n) is 3.80. The maximum Gasteiger partial charge on any atom is 0.310 e. The van der Waals surface area contributed by atoms with E-state index in [0.29, 0.717) is 13.2 Å². The summed E-state index contributed by atoms with van der Waals surface area (Å²) in [4.78, 5) is 13.6. The highest BCUT2D eigenvalue weighted by Crippen LogP contribution is 2.16. The minimum absolute atomic E-state index is 0.228. The predicted molar refractivity (Wildman–Crippen MR) is 94.5 cm³/mol. The van der Waals surface area contributed by atoms with Crippen LogP contribution in [0, 0.1) is 0 Å². The number of benzene rings is 2. The predicted octanol–water partition coefficient (Wildman–Crippen LogP) is 2.96. The molecule has 0 amide bonds. The number of carbonyl (C=O) groups is 1. The minimum atomic E-state index is -0.560. The first-order valence-electron chi connectivity index (χ1n) is 8.23. The molecule has 2 aromatic carbocycles. The van der Waals surface area contributed by atoms with E-state index in [2.05, 4.69) is 17.0 Å². The van der Waals surface area contributed by atoms with Gasteiger partial charge in [-0.15, -0.1) is 0 Å². The van der Waals surface area contributed by atoms with Gasteiger partial charge in [0.2, 0.25) is 0 Å². The fraction of sp³-hybridized carbons (Fsp3) is 0.350. The zero-order valence-electron chi connectivity index (χ0n) is 14.3. The van der Waals surface area contributed by atoms with Crippen LogP contribution in [0.4, 0.5) is 0 Å². The standard InChI is InChI=1S/C20H25NO3/c1-3-24-20(23)13-16-9-11-18(12-10-16)19(22)15-21(2)14-17-7-5-4-6-8-17/h4-12,19,22H,3,13-15H2,1-2H3. The second-order valence-corrected chi connectivity index (χ2v) is 5.92. The quantitative estimate of drug-likeness (QED) is 0.757. The number of ether oxygens (including phenoxy) is 1. The van der Waals surface area contributed by atoms with Crippen molar-refractivity contribution in [2.24, 2.45) is 0 Å². The first-order valence-corrected chi connectivity index (χ1v) is 8.23. The molecule has 2 aromatic rings. The molecule has 4 nitrogen and oxygen atoms in total. The Labute approximate surface area is 143 Å². The summed E-state index contributed by atoms with van der Waals surface area (Å²) < 4.78 is 4.94. The van der Waals surface area contributed by atoms with Crippen LogP contribution in [0.5, 0.6) is 0 Å². The van der Waals surface area contributed by atoms with Gasteiger partial charge in [-0.05, 0) is 30.7 Å². The first-order chi connectivity index (χ1) is 11.6. The van der Waals surface area contributed by atoms with E-state index in [0.717, 1.165) is 17.7 Å². The maximum absolute atomic E-state index is 11.5. The van der Waals surface area contributed by atoms with Crippen LogP contribution >= 0.6 is 0 Å². The Bertz CT molecular complexity index is 625. The van der Waals surface area contributed by atoms with Gasteiger partial charge in [0.15, 0.2) is 0 Å². The zero-order valence-corrected chi connectivity index (χ0v) is 14.3. The molecule has 0 aliphatic heterocycles. The van der Waals surface area contributed by atoms with E-state index in [-0.39, 0.29) is 12.4 Å². The van der Waals surface area contributed by atoms with E-state index in [1.54, 1.807) is 6.92 Å². The summed E-state index contributed by atoms with van der Waals surface area (Å²) in [6.07, 6.45) is -0.298. The van der Waals surface area contributed by atoms with Gasteiger partial charge in [-0.2, -0.15) is 0 Å². The molecule has 0 spiro atoms. The topological polar surface area (TPSA) is 49.8 Å². The lowest BCUT2D eigenvalue weighted by Gasteiger charge is -2.21. The Morgan fingerprint density at radius 1 is 1.08 bits per heavy atom. The molecule has 1 atom stereocenters. The van der Waals surface area contributed by atoms with Gasteiger partial charge in [-0.25, -0.2) is 0 Å². The molecule has 0 aliphatic rings. The fourth-order valence-electron chi connectivity index (χ4n) is 2.60. The smallest absolute Gasteiger partial charge is 0.310 e. The zero-order chi connectivity index (χ0) is 17.4. The molecule has 4 heteroatoms. The molecule has 0 heterocycles. The second-order valence-electron chi connectivity index (χ2n) is 5.92. The number of esters is 1. The highest BCUT2D eigenvalue weighted by Gasteiger charge is 2.12. The molecular formula is C20H25NO3. The van der Waals surface area contributed by atoms with Gasteiger partial charge in [-0.3, -0.25) is 9.69 Å². The number of carbonyl (C=O) groups excluding carboxylic acids is 1. The molecule has 0 radical (unpaired) electrons. The Morgan fingerprint density at radius 3 is 2.38 bits per heavy atom. The number of hydrogen-bond acceptors (Lipinski definition) is 4. The van der Waals surface area contributed by atoms with Crippen molar-refractivity contribution in [3.05, 3.63) is 71.3 Å². The molecule has 0 aliphatic carbocycles. The lowest BCUT2D eigenvalue weighted by Crippen LogP contribution is -2.24. The molecule has 0 aromatic heterocycles. The Morgan fingerprint density at radius 2 is 1.75 bits per heavy atom. The lowest BCUT2D eigenvalue weighted by atomic mass is 10.0. The molecule has 1 N–H and O–H groups in total. The molecule has 2 rings (SSSR count). The van der Waals surface area contributed by atoms with Crippen molar-refractivity contribution >= 4 is 5.97 Å². The molecule has 0 saturated heterocycles. The van der Waals surface area contributed by atoms with Crippen LogP contribution in [-0.4, -0.2) is 36.2 Å². The minimum Gasteiger partial charge on any atom is -0.466 e. The van der Waals surface area contributed by atoms with Crippen molar-refractivity contribution in [3.63, 3.8) is 0 Å². The number of aliphatic hydroxyl groups excluding tert-OH is 1. The summed E-state index contributed by atoms with van der Waals surface area (Å²) in [6, 6.07) is 17.7. The molecule has 24 heavy (non-hydrogen) atoms. The molecule has 0 bridgehead atoms. The van der Waals surface area contributed by atoms with Gasteiger partial charge >= 0.3 is 5.97 Å². The van der Waals surface area contributed by atoms with Gasteiger partial charge in [-0.1, -0.05) is 54.6 Å². The average Bonchev–Trinajstić information content (AvgIpc) is 2.56. The monoisotopic (exact) mass is 327 g/mol. The fourth-order valence-corrected chi connectivity index (χ4v) is 2.60. The van der Waals surface area contributed by atoms with E-state index in [9.17, 15) is 9.90 Å². The van der Waals surface area contributed by atoms with Crippen LogP contribution in [-0.2, 0) is 22.5 Å². The van der Waals surface area contributed by atoms with Crippen LogP contribution in [0.1, 0.15) is 29.7 Å². The first kappa shape index (κ1) is 18.2. The number of aliphatic hydroxyl groups is 1. The third kappa shape index (κ3) is 5.80. The van der Waals surface area contributed by atoms with Gasteiger partial charge in [0.25, 0.3) is 0 Å². The number of hydrogen-bond donors (Lipinski definition) is 1. The summed E-state index contributed by atoms with van der Waals surface area (Å²) >= 11 is 0. The summed E-state index contributed by atoms with van der Waals surface area (Å²) in [5, 5.41) is 10.4. The van der Waals surface area contributed by atoms with Gasteiger partial charge in [0, 0.05) is 13.1 Å². The normalized spacial score (nSPS) is 12.2. The number of likely N-dealkylation sites (N-methyl/N-ethyl adjacent to an activating group) is 1. The average molecular weight is 327 g/mol. The summed E-state index contributed by atoms with van der Waals surface area (Å²) in [5.41, 5.74) is 2.96. The van der Waals surface area contributed by atoms with Crippen LogP contribution in [0.3, 0.4) is 0 Å². The van der Waals surface area contributed by atoms with E-state index in [1.807, 2.05) is 49.5 Å². The van der Waals surface area contributed by atoms with E-state index < -0.39 is 6.10 Å². The van der Waals surface area contributed by atoms with E-state index in [4.69, 9.17) is 4.74 Å². The molecule has 1 unspecified atom stereocenters. The van der Waals surface area contributed by atoms with Crippen molar-refractivity contribution in [1.29, 1.82) is 0 Å². The Balaban J connectivity index is 1.87.